The quantitative estimate of drug-likeness (QED) is 0.0222. The number of aliphatic hydroxyl groups excluding tert-OH is 1. The van der Waals surface area contributed by atoms with Crippen molar-refractivity contribution in [3.8, 4) is 0 Å². The van der Waals surface area contributed by atoms with Gasteiger partial charge in [0.2, 0.25) is 0 Å². The maximum Gasteiger partial charge on any atom is 0.472 e. The highest BCUT2D eigenvalue weighted by atomic mass is 31.2. The zero-order valence-corrected chi connectivity index (χ0v) is 59.1. The van der Waals surface area contributed by atoms with Gasteiger partial charge in [-0.3, -0.25) is 37.3 Å². The number of carbonyl (C=O) groups excluding carboxylic acids is 4. The predicted octanol–water partition coefficient (Wildman–Crippen LogP) is 19.3. The van der Waals surface area contributed by atoms with Crippen LogP contribution in [0.1, 0.15) is 338 Å². The van der Waals surface area contributed by atoms with Crippen LogP contribution in [-0.2, 0) is 65.4 Å². The molecule has 0 amide bonds. The van der Waals surface area contributed by atoms with Crippen molar-refractivity contribution < 1.29 is 80.2 Å². The lowest BCUT2D eigenvalue weighted by molar-refractivity contribution is -0.161. The highest BCUT2D eigenvalue weighted by Crippen LogP contribution is 2.45. The molecule has 17 nitrogen and oxygen atoms in total. The van der Waals surface area contributed by atoms with E-state index in [9.17, 15) is 43.2 Å². The van der Waals surface area contributed by atoms with Gasteiger partial charge in [-0.2, -0.15) is 0 Å². The third kappa shape index (κ3) is 61.6. The van der Waals surface area contributed by atoms with E-state index in [2.05, 4.69) is 55.4 Å². The molecule has 88 heavy (non-hydrogen) atoms. The number of phosphoric acid groups is 2. The minimum Gasteiger partial charge on any atom is -0.462 e. The van der Waals surface area contributed by atoms with Crippen molar-refractivity contribution in [2.24, 2.45) is 23.7 Å². The number of unbranched alkanes of at least 4 members (excludes halogenated alkanes) is 31. The van der Waals surface area contributed by atoms with E-state index in [0.29, 0.717) is 37.5 Å². The van der Waals surface area contributed by atoms with Gasteiger partial charge in [0.15, 0.2) is 12.2 Å². The Labute approximate surface area is 537 Å². The zero-order chi connectivity index (χ0) is 65.4. The van der Waals surface area contributed by atoms with Crippen LogP contribution in [0.2, 0.25) is 0 Å². The fourth-order valence-corrected chi connectivity index (χ4v) is 11.9. The van der Waals surface area contributed by atoms with Crippen LogP contribution < -0.4 is 0 Å². The van der Waals surface area contributed by atoms with Crippen molar-refractivity contribution in [3.05, 3.63) is 0 Å². The summed E-state index contributed by atoms with van der Waals surface area (Å²) in [6.45, 7) is 14.0. The third-order valence-electron chi connectivity index (χ3n) is 16.2. The van der Waals surface area contributed by atoms with Gasteiger partial charge in [0.05, 0.1) is 26.4 Å². The summed E-state index contributed by atoms with van der Waals surface area (Å²) in [5.74, 6) is 0.826. The fourth-order valence-electron chi connectivity index (χ4n) is 10.3. The van der Waals surface area contributed by atoms with E-state index in [1.165, 1.54) is 135 Å². The van der Waals surface area contributed by atoms with E-state index in [4.69, 9.17) is 37.0 Å². The van der Waals surface area contributed by atoms with Gasteiger partial charge in [0, 0.05) is 25.7 Å². The molecule has 0 aliphatic rings. The maximum atomic E-state index is 13.0. The van der Waals surface area contributed by atoms with Crippen molar-refractivity contribution in [1.82, 2.24) is 0 Å². The van der Waals surface area contributed by atoms with Crippen molar-refractivity contribution >= 4 is 39.5 Å². The Morgan fingerprint density at radius 3 is 0.807 bits per heavy atom. The number of ether oxygens (including phenoxy) is 4. The van der Waals surface area contributed by atoms with E-state index >= 15 is 0 Å². The largest absolute Gasteiger partial charge is 0.472 e. The Hall–Kier alpha value is -1.94. The summed E-state index contributed by atoms with van der Waals surface area (Å²) in [5.41, 5.74) is 0. The summed E-state index contributed by atoms with van der Waals surface area (Å²) in [6, 6.07) is 0. The number of esters is 4. The average molecular weight is 1300 g/mol. The number of carbonyl (C=O) groups is 4. The molecule has 19 heteroatoms. The number of hydrogen-bond acceptors (Lipinski definition) is 15. The second kappa shape index (κ2) is 58.8. The molecule has 0 aliphatic carbocycles. The Bertz CT molecular complexity index is 1750. The van der Waals surface area contributed by atoms with Gasteiger partial charge in [-0.25, -0.2) is 9.13 Å². The van der Waals surface area contributed by atoms with Crippen molar-refractivity contribution in [3.63, 3.8) is 0 Å². The smallest absolute Gasteiger partial charge is 0.462 e. The monoisotopic (exact) mass is 1300 g/mol. The van der Waals surface area contributed by atoms with Crippen LogP contribution in [0.5, 0.6) is 0 Å². The van der Waals surface area contributed by atoms with E-state index in [1.807, 2.05) is 0 Å². The minimum absolute atomic E-state index is 0.102. The van der Waals surface area contributed by atoms with Crippen molar-refractivity contribution in [2.45, 2.75) is 356 Å². The van der Waals surface area contributed by atoms with Gasteiger partial charge in [0.25, 0.3) is 0 Å². The normalized spacial score (nSPS) is 14.6. The van der Waals surface area contributed by atoms with Crippen LogP contribution in [0, 0.1) is 23.7 Å². The molecule has 0 rings (SSSR count). The molecule has 0 bridgehead atoms. The third-order valence-corrected chi connectivity index (χ3v) is 18.1. The van der Waals surface area contributed by atoms with E-state index in [-0.39, 0.29) is 25.7 Å². The molecule has 0 aromatic rings. The summed E-state index contributed by atoms with van der Waals surface area (Å²) in [6.07, 6.45) is 40.5. The molecule has 522 valence electrons. The first-order valence-corrected chi connectivity index (χ1v) is 38.7. The minimum atomic E-state index is -4.95. The fraction of sp³-hybridized carbons (Fsp3) is 0.942. The maximum absolute atomic E-state index is 13.0. The highest BCUT2D eigenvalue weighted by molar-refractivity contribution is 7.47. The highest BCUT2D eigenvalue weighted by Gasteiger charge is 2.30. The Morgan fingerprint density at radius 1 is 0.318 bits per heavy atom. The first-order valence-electron chi connectivity index (χ1n) is 35.7. The van der Waals surface area contributed by atoms with E-state index in [1.54, 1.807) is 0 Å². The summed E-state index contributed by atoms with van der Waals surface area (Å²) in [7, 11) is -9.90. The van der Waals surface area contributed by atoms with Crippen LogP contribution in [0.4, 0.5) is 0 Å². The molecule has 3 unspecified atom stereocenters. The van der Waals surface area contributed by atoms with Crippen LogP contribution in [-0.4, -0.2) is 96.7 Å². The van der Waals surface area contributed by atoms with Crippen LogP contribution in [0.25, 0.3) is 0 Å². The van der Waals surface area contributed by atoms with Gasteiger partial charge in [-0.05, 0) is 49.4 Å². The van der Waals surface area contributed by atoms with Gasteiger partial charge in [-0.1, -0.05) is 287 Å². The lowest BCUT2D eigenvalue weighted by atomic mass is 9.99. The first-order chi connectivity index (χ1) is 42.1. The number of hydrogen-bond donors (Lipinski definition) is 3. The molecule has 0 aromatic carbocycles. The van der Waals surface area contributed by atoms with E-state index in [0.717, 1.165) is 108 Å². The number of phosphoric ester groups is 2. The second-order valence-corrected chi connectivity index (χ2v) is 29.5. The SMILES string of the molecule is CCC(C)CCCCCCCCCCCCC(=O)O[C@H](COC(=O)CCCCCCCCCCCCCCC(C)C)COP(=O)(O)OC[C@@H](O)COP(=O)(O)OC[C@@H](COC(=O)CCCCCCCCC(C)C)OC(=O)CCCCCCCCCC(C)C. The Morgan fingerprint density at radius 2 is 0.545 bits per heavy atom. The number of rotatable bonds is 66. The van der Waals surface area contributed by atoms with Gasteiger partial charge in [0.1, 0.15) is 19.3 Å². The van der Waals surface area contributed by atoms with Crippen molar-refractivity contribution in [2.75, 3.05) is 39.6 Å². The van der Waals surface area contributed by atoms with Crippen LogP contribution in [0.15, 0.2) is 0 Å². The first kappa shape index (κ1) is 86.1. The lowest BCUT2D eigenvalue weighted by Gasteiger charge is -2.21. The Kier molecular flexibility index (Phi) is 57.6. The van der Waals surface area contributed by atoms with E-state index < -0.39 is 97.5 Å². The summed E-state index contributed by atoms with van der Waals surface area (Å²) < 4.78 is 68.2. The predicted molar refractivity (Wildman–Crippen MR) is 354 cm³/mol. The molecule has 0 aliphatic heterocycles. The molecule has 0 aromatic heterocycles. The van der Waals surface area contributed by atoms with Crippen molar-refractivity contribution in [1.29, 1.82) is 0 Å². The zero-order valence-electron chi connectivity index (χ0n) is 57.3. The summed E-state index contributed by atoms with van der Waals surface area (Å²) in [4.78, 5) is 72.4. The molecule has 0 saturated heterocycles. The van der Waals surface area contributed by atoms with Crippen LogP contribution >= 0.6 is 15.6 Å². The average Bonchev–Trinajstić information content (AvgIpc) is 3.35. The standard InChI is InChI=1S/C69H134O17P2/c1-9-62(8)48-40-32-23-17-14-15-19-25-35-43-51-68(73)85-64(55-79-66(71)49-41-33-24-18-13-11-10-12-16-21-29-37-45-59(2)3)57-83-87(75,76)81-53-63(70)54-82-88(77,78)84-58-65(56-80-67(72)50-42-34-28-27-31-39-47-61(6)7)86-69(74)52-44-36-26-20-22-30-38-46-60(4)5/h59-65,70H,9-58H2,1-8H3,(H,75,76)(H,77,78)/t62?,63-,64-,65-/m1/s1. The van der Waals surface area contributed by atoms with Crippen LogP contribution in [0.3, 0.4) is 0 Å². The Balaban J connectivity index is 5.24. The molecule has 0 spiro atoms. The van der Waals surface area contributed by atoms with Gasteiger partial charge in [-0.15, -0.1) is 0 Å². The molecule has 6 atom stereocenters. The molecule has 0 radical (unpaired) electrons. The summed E-state index contributed by atoms with van der Waals surface area (Å²) >= 11 is 0. The number of aliphatic hydroxyl groups is 1. The van der Waals surface area contributed by atoms with Gasteiger partial charge >= 0.3 is 39.5 Å². The molecular formula is C69H134O17P2. The molecule has 0 saturated carbocycles. The summed E-state index contributed by atoms with van der Waals surface area (Å²) in [5, 5.41) is 10.6. The molecule has 0 fully saturated rings. The van der Waals surface area contributed by atoms with Gasteiger partial charge < -0.3 is 33.8 Å². The molecular weight excluding hydrogens is 1160 g/mol. The lowest BCUT2D eigenvalue weighted by Crippen LogP contribution is -2.30. The topological polar surface area (TPSA) is 237 Å². The second-order valence-electron chi connectivity index (χ2n) is 26.6. The molecule has 3 N–H and O–H groups in total. The molecule has 0 heterocycles.